The highest BCUT2D eigenvalue weighted by molar-refractivity contribution is 7.47. The van der Waals surface area contributed by atoms with Gasteiger partial charge in [0.25, 0.3) is 0 Å². The maximum atomic E-state index is 13.1. The summed E-state index contributed by atoms with van der Waals surface area (Å²) in [5, 5.41) is 10.6. The van der Waals surface area contributed by atoms with Crippen LogP contribution in [0.3, 0.4) is 0 Å². The van der Waals surface area contributed by atoms with Gasteiger partial charge in [-0.2, -0.15) is 0 Å². The molecule has 0 aliphatic carbocycles. The van der Waals surface area contributed by atoms with Gasteiger partial charge in [0.05, 0.1) is 26.4 Å². The van der Waals surface area contributed by atoms with E-state index in [1.807, 2.05) is 0 Å². The molecule has 0 aliphatic rings. The number of esters is 4. The van der Waals surface area contributed by atoms with Crippen LogP contribution in [0.4, 0.5) is 0 Å². The molecule has 588 valence electrons. The molecule has 0 bridgehead atoms. The van der Waals surface area contributed by atoms with E-state index in [9.17, 15) is 43.2 Å². The Balaban J connectivity index is 5.22. The predicted molar refractivity (Wildman–Crippen MR) is 405 cm³/mol. The summed E-state index contributed by atoms with van der Waals surface area (Å²) in [6.07, 6.45) is 66.5. The third-order valence-electron chi connectivity index (χ3n) is 18.9. The summed E-state index contributed by atoms with van der Waals surface area (Å²) in [6, 6.07) is 0. The Morgan fingerprint density at radius 2 is 0.404 bits per heavy atom. The standard InChI is InChI=1S/C80H156O17P2/c1-5-9-13-17-21-25-29-32-35-36-37-38-39-41-44-47-51-55-59-63-67-80(85)97-76(71-91-78(83)65-61-57-53-49-45-43-40-33-30-26-22-18-14-10-6-2)73-95-99(88,89)93-69-74(81)68-92-98(86,87)94-72-75(70-90-77(82)64-60-56-52-48-28-24-20-16-12-8-4)96-79(84)66-62-58-54-50-46-42-34-31-27-23-19-15-11-7-3/h74-76,81H,5-73H2,1-4H3,(H,86,87)(H,88,89)/t74-,75+,76+/m0/s1. The van der Waals surface area contributed by atoms with E-state index < -0.39 is 97.5 Å². The monoisotopic (exact) mass is 1450 g/mol. The van der Waals surface area contributed by atoms with Crippen molar-refractivity contribution in [2.24, 2.45) is 0 Å². The van der Waals surface area contributed by atoms with Gasteiger partial charge in [0.2, 0.25) is 0 Å². The molecule has 0 saturated heterocycles. The lowest BCUT2D eigenvalue weighted by atomic mass is 10.0. The molecule has 19 heteroatoms. The van der Waals surface area contributed by atoms with Crippen molar-refractivity contribution in [3.05, 3.63) is 0 Å². The number of aliphatic hydroxyl groups excluding tert-OH is 1. The topological polar surface area (TPSA) is 237 Å². The fourth-order valence-electron chi connectivity index (χ4n) is 12.5. The van der Waals surface area contributed by atoms with E-state index in [-0.39, 0.29) is 25.7 Å². The van der Waals surface area contributed by atoms with E-state index in [1.54, 1.807) is 0 Å². The van der Waals surface area contributed by atoms with E-state index >= 15 is 0 Å². The predicted octanol–water partition coefficient (Wildman–Crippen LogP) is 24.2. The fourth-order valence-corrected chi connectivity index (χ4v) is 14.0. The van der Waals surface area contributed by atoms with Gasteiger partial charge < -0.3 is 33.8 Å². The molecule has 0 aliphatic heterocycles. The van der Waals surface area contributed by atoms with Gasteiger partial charge in [0.1, 0.15) is 19.3 Å². The van der Waals surface area contributed by atoms with Crippen LogP contribution in [0.25, 0.3) is 0 Å². The number of carbonyl (C=O) groups is 4. The smallest absolute Gasteiger partial charge is 0.462 e. The number of ether oxygens (including phenoxy) is 4. The summed E-state index contributed by atoms with van der Waals surface area (Å²) in [6.45, 7) is 5.02. The molecule has 0 aromatic rings. The van der Waals surface area contributed by atoms with Crippen molar-refractivity contribution in [1.82, 2.24) is 0 Å². The second-order valence-corrected chi connectivity index (χ2v) is 31.7. The summed E-state index contributed by atoms with van der Waals surface area (Å²) in [5.74, 6) is -2.10. The van der Waals surface area contributed by atoms with E-state index in [0.717, 1.165) is 89.9 Å². The molecule has 2 unspecified atom stereocenters. The second kappa shape index (κ2) is 74.3. The Kier molecular flexibility index (Phi) is 72.9. The molecular weight excluding hydrogens is 1290 g/mol. The molecule has 0 aromatic carbocycles. The molecule has 99 heavy (non-hydrogen) atoms. The van der Waals surface area contributed by atoms with Crippen LogP contribution in [0.5, 0.6) is 0 Å². The number of hydrogen-bond acceptors (Lipinski definition) is 15. The van der Waals surface area contributed by atoms with Crippen LogP contribution in [-0.4, -0.2) is 96.7 Å². The number of phosphoric acid groups is 2. The van der Waals surface area contributed by atoms with Crippen LogP contribution in [0, 0.1) is 0 Å². The number of hydrogen-bond donors (Lipinski definition) is 3. The normalized spacial score (nSPS) is 13.8. The third-order valence-corrected chi connectivity index (χ3v) is 20.8. The molecule has 0 spiro atoms. The zero-order valence-corrected chi connectivity index (χ0v) is 66.3. The number of rotatable bonds is 81. The molecule has 0 aromatic heterocycles. The second-order valence-electron chi connectivity index (χ2n) is 28.8. The fraction of sp³-hybridized carbons (Fsp3) is 0.950. The van der Waals surface area contributed by atoms with Crippen molar-refractivity contribution >= 4 is 39.5 Å². The van der Waals surface area contributed by atoms with E-state index in [1.165, 1.54) is 263 Å². The van der Waals surface area contributed by atoms with Gasteiger partial charge in [0, 0.05) is 25.7 Å². The third kappa shape index (κ3) is 74.1. The van der Waals surface area contributed by atoms with Crippen molar-refractivity contribution in [3.63, 3.8) is 0 Å². The summed E-state index contributed by atoms with van der Waals surface area (Å²) >= 11 is 0. The van der Waals surface area contributed by atoms with Gasteiger partial charge in [-0.15, -0.1) is 0 Å². The van der Waals surface area contributed by atoms with Crippen LogP contribution < -0.4 is 0 Å². The number of aliphatic hydroxyl groups is 1. The summed E-state index contributed by atoms with van der Waals surface area (Å²) in [7, 11) is -9.91. The van der Waals surface area contributed by atoms with Crippen molar-refractivity contribution < 1.29 is 80.2 Å². The molecule has 0 amide bonds. The van der Waals surface area contributed by atoms with Gasteiger partial charge in [-0.05, 0) is 25.7 Å². The first-order valence-electron chi connectivity index (χ1n) is 41.8. The van der Waals surface area contributed by atoms with Crippen LogP contribution in [0.15, 0.2) is 0 Å². The Labute approximate surface area is 607 Å². The van der Waals surface area contributed by atoms with Crippen molar-refractivity contribution in [2.45, 2.75) is 451 Å². The summed E-state index contributed by atoms with van der Waals surface area (Å²) < 4.78 is 68.7. The van der Waals surface area contributed by atoms with Gasteiger partial charge in [-0.3, -0.25) is 37.3 Å². The molecule has 5 atom stereocenters. The average molecular weight is 1450 g/mol. The Bertz CT molecular complexity index is 1880. The first-order chi connectivity index (χ1) is 48.2. The van der Waals surface area contributed by atoms with Crippen molar-refractivity contribution in [3.8, 4) is 0 Å². The molecule has 0 rings (SSSR count). The van der Waals surface area contributed by atoms with E-state index in [0.29, 0.717) is 25.7 Å². The highest BCUT2D eigenvalue weighted by Gasteiger charge is 2.30. The molecule has 0 fully saturated rings. The quantitative estimate of drug-likeness (QED) is 0.0222. The maximum Gasteiger partial charge on any atom is 0.472 e. The molecule has 0 heterocycles. The molecule has 0 radical (unpaired) electrons. The number of phosphoric ester groups is 2. The molecule has 0 saturated carbocycles. The summed E-state index contributed by atoms with van der Waals surface area (Å²) in [4.78, 5) is 73.0. The summed E-state index contributed by atoms with van der Waals surface area (Å²) in [5.41, 5.74) is 0. The van der Waals surface area contributed by atoms with E-state index in [2.05, 4.69) is 27.7 Å². The Morgan fingerprint density at radius 3 is 0.596 bits per heavy atom. The van der Waals surface area contributed by atoms with Crippen LogP contribution in [0.2, 0.25) is 0 Å². The minimum atomic E-state index is -4.96. The SMILES string of the molecule is CCCCCCCCCCCCCCCCCCCCCCC(=O)O[C@H](COC(=O)CCCCCCCCCCCCCCCCC)COP(=O)(O)OC[C@@H](O)COP(=O)(O)OC[C@@H](COC(=O)CCCCCCCCCCCC)OC(=O)CCCCCCCCCCCCCCCC. The minimum Gasteiger partial charge on any atom is -0.462 e. The van der Waals surface area contributed by atoms with Crippen molar-refractivity contribution in [1.29, 1.82) is 0 Å². The molecular formula is C80H156O17P2. The minimum absolute atomic E-state index is 0.109. The Hall–Kier alpha value is -1.94. The van der Waals surface area contributed by atoms with Crippen LogP contribution >= 0.6 is 15.6 Å². The lowest BCUT2D eigenvalue weighted by Crippen LogP contribution is -2.30. The maximum absolute atomic E-state index is 13.1. The lowest BCUT2D eigenvalue weighted by molar-refractivity contribution is -0.161. The largest absolute Gasteiger partial charge is 0.472 e. The highest BCUT2D eigenvalue weighted by Crippen LogP contribution is 2.45. The Morgan fingerprint density at radius 1 is 0.242 bits per heavy atom. The van der Waals surface area contributed by atoms with Gasteiger partial charge in [-0.25, -0.2) is 9.13 Å². The van der Waals surface area contributed by atoms with Gasteiger partial charge >= 0.3 is 39.5 Å². The number of carbonyl (C=O) groups excluding carboxylic acids is 4. The zero-order valence-electron chi connectivity index (χ0n) is 64.5. The van der Waals surface area contributed by atoms with Gasteiger partial charge in [-0.1, -0.05) is 381 Å². The highest BCUT2D eigenvalue weighted by atomic mass is 31.2. The zero-order chi connectivity index (χ0) is 72.5. The first-order valence-corrected chi connectivity index (χ1v) is 44.8. The van der Waals surface area contributed by atoms with Gasteiger partial charge in [0.15, 0.2) is 12.2 Å². The van der Waals surface area contributed by atoms with Crippen molar-refractivity contribution in [2.75, 3.05) is 39.6 Å². The molecule has 3 N–H and O–H groups in total. The number of unbranched alkanes of at least 4 members (excludes halogenated alkanes) is 55. The first kappa shape index (κ1) is 97.1. The average Bonchev–Trinajstić information content (AvgIpc) is 1.07. The van der Waals surface area contributed by atoms with Crippen LogP contribution in [0.1, 0.15) is 432 Å². The lowest BCUT2D eigenvalue weighted by Gasteiger charge is -2.21. The molecule has 17 nitrogen and oxygen atoms in total. The van der Waals surface area contributed by atoms with Crippen LogP contribution in [-0.2, 0) is 65.4 Å². The van der Waals surface area contributed by atoms with E-state index in [4.69, 9.17) is 37.0 Å².